The van der Waals surface area contributed by atoms with Crippen LogP contribution in [0.4, 0.5) is 4.39 Å². The number of benzene rings is 2. The molecule has 0 fully saturated rings. The second-order valence-corrected chi connectivity index (χ2v) is 7.00. The minimum absolute atomic E-state index is 0.0342. The Kier molecular flexibility index (Phi) is 5.91. The highest BCUT2D eigenvalue weighted by Crippen LogP contribution is 2.18. The predicted molar refractivity (Wildman–Crippen MR) is 104 cm³/mol. The van der Waals surface area contributed by atoms with Crippen molar-refractivity contribution in [1.29, 1.82) is 0 Å². The maximum absolute atomic E-state index is 13.2. The first-order valence-electron chi connectivity index (χ1n) is 8.75. The molecule has 140 valence electrons. The summed E-state index contributed by atoms with van der Waals surface area (Å²) in [5.74, 6) is 0.245. The molecule has 3 rings (SSSR count). The van der Waals surface area contributed by atoms with E-state index in [1.807, 2.05) is 48.9 Å². The zero-order valence-corrected chi connectivity index (χ0v) is 16.0. The minimum Gasteiger partial charge on any atom is -0.329 e. The van der Waals surface area contributed by atoms with Crippen molar-refractivity contribution in [2.24, 2.45) is 0 Å². The van der Waals surface area contributed by atoms with Gasteiger partial charge in [0.2, 0.25) is 0 Å². The van der Waals surface area contributed by atoms with Crippen LogP contribution >= 0.6 is 11.6 Å². The molecule has 0 atom stereocenters. The van der Waals surface area contributed by atoms with E-state index < -0.39 is 0 Å². The number of carbonyl (C=O) groups is 1. The third-order valence-corrected chi connectivity index (χ3v) is 4.76. The molecular weight excluding hydrogens is 365 g/mol. The fraction of sp³-hybridized carbons (Fsp3) is 0.238. The highest BCUT2D eigenvalue weighted by atomic mass is 35.5. The summed E-state index contributed by atoms with van der Waals surface area (Å²) in [6.07, 6.45) is 3.59. The number of rotatable bonds is 6. The van der Waals surface area contributed by atoms with Crippen molar-refractivity contribution in [3.05, 3.63) is 88.7 Å². The SMILES string of the molecule is CC(C)N(Cc1nccn1Cc1ccccc1Cl)C(=O)c1ccc(F)cc1. The highest BCUT2D eigenvalue weighted by molar-refractivity contribution is 6.31. The average molecular weight is 386 g/mol. The average Bonchev–Trinajstić information content (AvgIpc) is 3.08. The number of imidazole rings is 1. The third kappa shape index (κ3) is 4.55. The summed E-state index contributed by atoms with van der Waals surface area (Å²) in [6, 6.07) is 13.2. The Morgan fingerprint density at radius 1 is 1.19 bits per heavy atom. The van der Waals surface area contributed by atoms with E-state index in [-0.39, 0.29) is 17.8 Å². The van der Waals surface area contributed by atoms with Gasteiger partial charge < -0.3 is 9.47 Å². The molecule has 0 radical (unpaired) electrons. The molecule has 0 saturated carbocycles. The van der Waals surface area contributed by atoms with E-state index in [1.165, 1.54) is 24.3 Å². The number of hydrogen-bond donors (Lipinski definition) is 0. The van der Waals surface area contributed by atoms with Gasteiger partial charge in [-0.05, 0) is 49.7 Å². The van der Waals surface area contributed by atoms with Crippen LogP contribution in [0.5, 0.6) is 0 Å². The molecule has 4 nitrogen and oxygen atoms in total. The van der Waals surface area contributed by atoms with Crippen LogP contribution in [0.15, 0.2) is 60.9 Å². The van der Waals surface area contributed by atoms with Crippen molar-refractivity contribution < 1.29 is 9.18 Å². The van der Waals surface area contributed by atoms with Gasteiger partial charge in [0.05, 0.1) is 13.1 Å². The lowest BCUT2D eigenvalue weighted by Gasteiger charge is -2.27. The number of aromatic nitrogens is 2. The molecule has 2 aromatic carbocycles. The third-order valence-electron chi connectivity index (χ3n) is 4.39. The summed E-state index contributed by atoms with van der Waals surface area (Å²) in [5.41, 5.74) is 1.44. The van der Waals surface area contributed by atoms with Gasteiger partial charge >= 0.3 is 0 Å². The van der Waals surface area contributed by atoms with Gasteiger partial charge in [0.25, 0.3) is 5.91 Å². The van der Waals surface area contributed by atoms with E-state index in [9.17, 15) is 9.18 Å². The molecule has 1 aromatic heterocycles. The molecule has 1 amide bonds. The first kappa shape index (κ1) is 19.1. The van der Waals surface area contributed by atoms with Gasteiger partial charge in [-0.15, -0.1) is 0 Å². The van der Waals surface area contributed by atoms with Gasteiger partial charge in [-0.25, -0.2) is 9.37 Å². The van der Waals surface area contributed by atoms with E-state index in [0.29, 0.717) is 23.7 Å². The largest absolute Gasteiger partial charge is 0.329 e. The molecule has 1 heterocycles. The standard InChI is InChI=1S/C21H21ClFN3O/c1-15(2)26(21(27)16-7-9-18(23)10-8-16)14-20-24-11-12-25(20)13-17-5-3-4-6-19(17)22/h3-12,15H,13-14H2,1-2H3. The van der Waals surface area contributed by atoms with Gasteiger partial charge in [0, 0.05) is 29.0 Å². The Morgan fingerprint density at radius 2 is 1.89 bits per heavy atom. The Morgan fingerprint density at radius 3 is 2.56 bits per heavy atom. The van der Waals surface area contributed by atoms with Crippen molar-refractivity contribution in [1.82, 2.24) is 14.5 Å². The molecule has 6 heteroatoms. The van der Waals surface area contributed by atoms with Crippen LogP contribution in [0.3, 0.4) is 0 Å². The summed E-state index contributed by atoms with van der Waals surface area (Å²) >= 11 is 6.26. The maximum Gasteiger partial charge on any atom is 0.254 e. The zero-order chi connectivity index (χ0) is 19.4. The Balaban J connectivity index is 1.82. The van der Waals surface area contributed by atoms with Crippen molar-refractivity contribution >= 4 is 17.5 Å². The second-order valence-electron chi connectivity index (χ2n) is 6.60. The number of halogens is 2. The van der Waals surface area contributed by atoms with Crippen LogP contribution in [0.25, 0.3) is 0 Å². The van der Waals surface area contributed by atoms with E-state index in [1.54, 1.807) is 11.1 Å². The smallest absolute Gasteiger partial charge is 0.254 e. The van der Waals surface area contributed by atoms with Crippen molar-refractivity contribution in [3.8, 4) is 0 Å². The van der Waals surface area contributed by atoms with Gasteiger partial charge in [0.1, 0.15) is 11.6 Å². The molecule has 0 unspecified atom stereocenters. The van der Waals surface area contributed by atoms with Crippen LogP contribution < -0.4 is 0 Å². The summed E-state index contributed by atoms with van der Waals surface area (Å²) in [5, 5.41) is 0.695. The first-order valence-corrected chi connectivity index (χ1v) is 9.13. The molecule has 3 aromatic rings. The summed E-state index contributed by atoms with van der Waals surface area (Å²) in [6.45, 7) is 4.82. The number of amides is 1. The zero-order valence-electron chi connectivity index (χ0n) is 15.3. The van der Waals surface area contributed by atoms with Gasteiger partial charge in [-0.2, -0.15) is 0 Å². The summed E-state index contributed by atoms with van der Waals surface area (Å²) < 4.78 is 15.1. The quantitative estimate of drug-likeness (QED) is 0.612. The lowest BCUT2D eigenvalue weighted by atomic mass is 10.1. The molecule has 0 aliphatic heterocycles. The molecule has 0 saturated heterocycles. The number of carbonyl (C=O) groups excluding carboxylic acids is 1. The van der Waals surface area contributed by atoms with Gasteiger partial charge in [0.15, 0.2) is 0 Å². The molecule has 0 bridgehead atoms. The molecule has 0 N–H and O–H groups in total. The molecular formula is C21H21ClFN3O. The minimum atomic E-state index is -0.363. The van der Waals surface area contributed by atoms with Crippen LogP contribution in [0, 0.1) is 5.82 Å². The number of nitrogens with zero attached hydrogens (tertiary/aromatic N) is 3. The monoisotopic (exact) mass is 385 g/mol. The molecule has 27 heavy (non-hydrogen) atoms. The van der Waals surface area contributed by atoms with Crippen molar-refractivity contribution in [2.75, 3.05) is 0 Å². The van der Waals surface area contributed by atoms with E-state index in [0.717, 1.165) is 11.4 Å². The van der Waals surface area contributed by atoms with Crippen LogP contribution in [-0.4, -0.2) is 26.4 Å². The number of hydrogen-bond acceptors (Lipinski definition) is 2. The van der Waals surface area contributed by atoms with Gasteiger partial charge in [-0.1, -0.05) is 29.8 Å². The Hall–Kier alpha value is -2.66. The van der Waals surface area contributed by atoms with Gasteiger partial charge in [-0.3, -0.25) is 4.79 Å². The Labute approximate surface area is 163 Å². The first-order chi connectivity index (χ1) is 13.0. The highest BCUT2D eigenvalue weighted by Gasteiger charge is 2.21. The van der Waals surface area contributed by atoms with E-state index in [4.69, 9.17) is 11.6 Å². The fourth-order valence-electron chi connectivity index (χ4n) is 2.85. The predicted octanol–water partition coefficient (Wildman–Crippen LogP) is 4.77. The summed E-state index contributed by atoms with van der Waals surface area (Å²) in [4.78, 5) is 19.0. The maximum atomic E-state index is 13.2. The lowest BCUT2D eigenvalue weighted by Crippen LogP contribution is -2.37. The Bertz CT molecular complexity index is 921. The van der Waals surface area contributed by atoms with Crippen molar-refractivity contribution in [2.45, 2.75) is 33.0 Å². The van der Waals surface area contributed by atoms with Crippen LogP contribution in [-0.2, 0) is 13.1 Å². The molecule has 0 aliphatic carbocycles. The normalized spacial score (nSPS) is 11.0. The second kappa shape index (κ2) is 8.35. The van der Waals surface area contributed by atoms with Crippen LogP contribution in [0.1, 0.15) is 35.6 Å². The summed E-state index contributed by atoms with van der Waals surface area (Å²) in [7, 11) is 0. The van der Waals surface area contributed by atoms with E-state index in [2.05, 4.69) is 4.98 Å². The lowest BCUT2D eigenvalue weighted by molar-refractivity contribution is 0.0683. The van der Waals surface area contributed by atoms with Crippen molar-refractivity contribution in [3.63, 3.8) is 0 Å². The van der Waals surface area contributed by atoms with Crippen LogP contribution in [0.2, 0.25) is 5.02 Å². The topological polar surface area (TPSA) is 38.1 Å². The molecule has 0 aliphatic rings. The molecule has 0 spiro atoms. The van der Waals surface area contributed by atoms with E-state index >= 15 is 0 Å². The fourth-order valence-corrected chi connectivity index (χ4v) is 3.04.